The van der Waals surface area contributed by atoms with Gasteiger partial charge < -0.3 is 9.15 Å². The highest BCUT2D eigenvalue weighted by Crippen LogP contribution is 2.18. The van der Waals surface area contributed by atoms with Crippen LogP contribution in [0.2, 0.25) is 0 Å². The minimum atomic E-state index is -0.735. The molecule has 1 heterocycles. The van der Waals surface area contributed by atoms with Crippen molar-refractivity contribution < 1.29 is 18.7 Å². The Bertz CT molecular complexity index is 1090. The van der Waals surface area contributed by atoms with E-state index in [1.807, 2.05) is 6.07 Å². The van der Waals surface area contributed by atoms with E-state index in [-0.39, 0.29) is 5.56 Å². The van der Waals surface area contributed by atoms with Crippen molar-refractivity contribution >= 4 is 51.2 Å². The molecule has 0 fully saturated rings. The van der Waals surface area contributed by atoms with E-state index in [1.54, 1.807) is 49.6 Å². The maximum atomic E-state index is 12.3. The molecular formula is C21H15IO5. The highest BCUT2D eigenvalue weighted by atomic mass is 127. The molecule has 0 aliphatic carbocycles. The lowest BCUT2D eigenvalue weighted by Gasteiger charge is -2.01. The second-order valence-electron chi connectivity index (χ2n) is 5.80. The van der Waals surface area contributed by atoms with Crippen molar-refractivity contribution in [3.8, 4) is 5.75 Å². The van der Waals surface area contributed by atoms with Gasteiger partial charge >= 0.3 is 5.63 Å². The van der Waals surface area contributed by atoms with Gasteiger partial charge in [0, 0.05) is 8.96 Å². The zero-order valence-electron chi connectivity index (χ0n) is 14.4. The van der Waals surface area contributed by atoms with Crippen LogP contribution < -0.4 is 10.4 Å². The molecule has 0 spiro atoms. The molecule has 0 amide bonds. The summed E-state index contributed by atoms with van der Waals surface area (Å²) >= 11 is 2.11. The van der Waals surface area contributed by atoms with E-state index in [1.165, 1.54) is 12.1 Å². The third-order valence-corrected chi connectivity index (χ3v) is 4.58. The zero-order chi connectivity index (χ0) is 19.4. The monoisotopic (exact) mass is 474 g/mol. The van der Waals surface area contributed by atoms with Gasteiger partial charge in [0.05, 0.1) is 13.5 Å². The predicted octanol–water partition coefficient (Wildman–Crippen LogP) is 4.26. The third kappa shape index (κ3) is 4.71. The first-order chi connectivity index (χ1) is 13.0. The number of carbonyl (C=O) groups excluding carboxylic acids is 2. The first-order valence-corrected chi connectivity index (χ1v) is 9.16. The Hall–Kier alpha value is -2.74. The van der Waals surface area contributed by atoms with E-state index in [2.05, 4.69) is 22.6 Å². The number of ketones is 2. The lowest BCUT2D eigenvalue weighted by atomic mass is 10.1. The van der Waals surface area contributed by atoms with E-state index >= 15 is 0 Å². The minimum Gasteiger partial charge on any atom is -0.497 e. The van der Waals surface area contributed by atoms with Gasteiger partial charge in [0.15, 0.2) is 11.6 Å². The zero-order valence-corrected chi connectivity index (χ0v) is 16.6. The number of fused-ring (bicyclic) bond motifs is 1. The molecule has 27 heavy (non-hydrogen) atoms. The molecule has 0 N–H and O–H groups in total. The molecule has 5 nitrogen and oxygen atoms in total. The average molecular weight is 474 g/mol. The van der Waals surface area contributed by atoms with Crippen LogP contribution in [-0.2, 0) is 4.79 Å². The first kappa shape index (κ1) is 19.0. The summed E-state index contributed by atoms with van der Waals surface area (Å²) in [6.07, 6.45) is 2.54. The smallest absolute Gasteiger partial charge is 0.347 e. The quantitative estimate of drug-likeness (QED) is 0.176. The number of halogens is 1. The largest absolute Gasteiger partial charge is 0.497 e. The predicted molar refractivity (Wildman–Crippen MR) is 111 cm³/mol. The SMILES string of the molecule is COc1ccc(/C=C/C(=O)CC(=O)c2cc3ccc(I)cc3oc2=O)cc1. The number of hydrogen-bond donors (Lipinski definition) is 0. The van der Waals surface area contributed by atoms with Crippen molar-refractivity contribution in [2.45, 2.75) is 6.42 Å². The van der Waals surface area contributed by atoms with Crippen LogP contribution in [0.1, 0.15) is 22.3 Å². The van der Waals surface area contributed by atoms with Crippen molar-refractivity contribution in [3.63, 3.8) is 0 Å². The molecular weight excluding hydrogens is 459 g/mol. The molecule has 0 saturated heterocycles. The number of Topliss-reactive ketones (excluding diaryl/α,β-unsaturated/α-hetero) is 1. The maximum absolute atomic E-state index is 12.3. The Labute approximate surface area is 168 Å². The first-order valence-electron chi connectivity index (χ1n) is 8.08. The highest BCUT2D eigenvalue weighted by Gasteiger charge is 2.16. The van der Waals surface area contributed by atoms with E-state index < -0.39 is 23.6 Å². The molecule has 2 aromatic carbocycles. The number of rotatable bonds is 6. The normalized spacial score (nSPS) is 11.0. The van der Waals surface area contributed by atoms with Crippen LogP contribution in [0.4, 0.5) is 0 Å². The molecule has 0 aliphatic heterocycles. The van der Waals surface area contributed by atoms with Crippen molar-refractivity contribution in [2.75, 3.05) is 7.11 Å². The van der Waals surface area contributed by atoms with Gasteiger partial charge in [-0.3, -0.25) is 9.59 Å². The van der Waals surface area contributed by atoms with Crippen LogP contribution in [0.5, 0.6) is 5.75 Å². The Morgan fingerprint density at radius 2 is 1.85 bits per heavy atom. The second kappa shape index (κ2) is 8.30. The molecule has 0 bridgehead atoms. The second-order valence-corrected chi connectivity index (χ2v) is 7.05. The number of methoxy groups -OCH3 is 1. The van der Waals surface area contributed by atoms with E-state index in [0.29, 0.717) is 16.7 Å². The van der Waals surface area contributed by atoms with Gasteiger partial charge in [-0.05, 0) is 64.6 Å². The van der Waals surface area contributed by atoms with Crippen molar-refractivity contribution in [3.05, 3.63) is 79.7 Å². The summed E-state index contributed by atoms with van der Waals surface area (Å²) in [4.78, 5) is 36.5. The van der Waals surface area contributed by atoms with Crippen LogP contribution in [0.3, 0.4) is 0 Å². The van der Waals surface area contributed by atoms with Gasteiger partial charge in [0.25, 0.3) is 0 Å². The number of carbonyl (C=O) groups is 2. The summed E-state index contributed by atoms with van der Waals surface area (Å²) < 4.78 is 11.2. The summed E-state index contributed by atoms with van der Waals surface area (Å²) in [6.45, 7) is 0. The van der Waals surface area contributed by atoms with E-state index in [4.69, 9.17) is 9.15 Å². The highest BCUT2D eigenvalue weighted by molar-refractivity contribution is 14.1. The Morgan fingerprint density at radius 3 is 2.56 bits per heavy atom. The summed E-state index contributed by atoms with van der Waals surface area (Å²) in [5.74, 6) is -0.238. The summed E-state index contributed by atoms with van der Waals surface area (Å²) in [5, 5.41) is 0.639. The summed E-state index contributed by atoms with van der Waals surface area (Å²) in [6, 6.07) is 13.9. The Morgan fingerprint density at radius 1 is 1.11 bits per heavy atom. The molecule has 6 heteroatoms. The fourth-order valence-corrected chi connectivity index (χ4v) is 2.96. The topological polar surface area (TPSA) is 73.6 Å². The minimum absolute atomic E-state index is 0.116. The lowest BCUT2D eigenvalue weighted by molar-refractivity contribution is -0.113. The fraction of sp³-hybridized carbons (Fsp3) is 0.0952. The van der Waals surface area contributed by atoms with Gasteiger partial charge in [-0.1, -0.05) is 24.3 Å². The van der Waals surface area contributed by atoms with Gasteiger partial charge in [-0.2, -0.15) is 0 Å². The number of benzene rings is 2. The molecule has 0 radical (unpaired) electrons. The van der Waals surface area contributed by atoms with Crippen LogP contribution in [-0.4, -0.2) is 18.7 Å². The van der Waals surface area contributed by atoms with Gasteiger partial charge in [0.2, 0.25) is 0 Å². The fourth-order valence-electron chi connectivity index (χ4n) is 2.50. The van der Waals surface area contributed by atoms with Gasteiger partial charge in [-0.25, -0.2) is 4.79 Å². The van der Waals surface area contributed by atoms with Crippen LogP contribution in [0.25, 0.3) is 17.0 Å². The Kier molecular flexibility index (Phi) is 5.85. The van der Waals surface area contributed by atoms with Crippen molar-refractivity contribution in [2.24, 2.45) is 0 Å². The molecule has 3 rings (SSSR count). The molecule has 0 aliphatic rings. The molecule has 136 valence electrons. The van der Waals surface area contributed by atoms with Crippen LogP contribution in [0.15, 0.2) is 63.8 Å². The summed E-state index contributed by atoms with van der Waals surface area (Å²) in [5.41, 5.74) is 0.363. The number of allylic oxidation sites excluding steroid dienone is 1. The van der Waals surface area contributed by atoms with E-state index in [9.17, 15) is 14.4 Å². The number of ether oxygens (including phenoxy) is 1. The summed E-state index contributed by atoms with van der Waals surface area (Å²) in [7, 11) is 1.57. The molecule has 0 saturated carbocycles. The molecule has 3 aromatic rings. The van der Waals surface area contributed by atoms with Crippen molar-refractivity contribution in [1.29, 1.82) is 0 Å². The number of hydrogen-bond acceptors (Lipinski definition) is 5. The lowest BCUT2D eigenvalue weighted by Crippen LogP contribution is -2.16. The molecule has 1 aromatic heterocycles. The van der Waals surface area contributed by atoms with E-state index in [0.717, 1.165) is 9.13 Å². The molecule has 0 unspecified atom stereocenters. The Balaban J connectivity index is 1.74. The van der Waals surface area contributed by atoms with Gasteiger partial charge in [-0.15, -0.1) is 0 Å². The van der Waals surface area contributed by atoms with Gasteiger partial charge in [0.1, 0.15) is 16.9 Å². The van der Waals surface area contributed by atoms with Crippen LogP contribution in [0, 0.1) is 3.57 Å². The molecule has 0 atom stereocenters. The van der Waals surface area contributed by atoms with Crippen molar-refractivity contribution in [1.82, 2.24) is 0 Å². The average Bonchev–Trinajstić information content (AvgIpc) is 2.66. The third-order valence-electron chi connectivity index (χ3n) is 3.91. The maximum Gasteiger partial charge on any atom is 0.347 e. The standard InChI is InChI=1S/C21H15IO5/c1-26-17-8-3-13(4-9-17)2-7-16(23)12-19(24)18-10-14-5-6-15(22)11-20(14)27-21(18)25/h2-11H,12H2,1H3/b7-2+. The van der Waals surface area contributed by atoms with Crippen LogP contribution >= 0.6 is 22.6 Å².